The lowest BCUT2D eigenvalue weighted by atomic mass is 10.0. The third-order valence-electron chi connectivity index (χ3n) is 7.09. The van der Waals surface area contributed by atoms with Gasteiger partial charge in [-0.1, -0.05) is 19.4 Å². The van der Waals surface area contributed by atoms with Crippen molar-refractivity contribution in [2.45, 2.75) is 45.2 Å². The molecule has 1 heterocycles. The number of rotatable bonds is 15. The van der Waals surface area contributed by atoms with Gasteiger partial charge in [-0.05, 0) is 73.8 Å². The Balaban J connectivity index is 1.60. The summed E-state index contributed by atoms with van der Waals surface area (Å²) in [7, 11) is 0. The summed E-state index contributed by atoms with van der Waals surface area (Å²) >= 11 is 0. The van der Waals surface area contributed by atoms with Crippen LogP contribution in [-0.4, -0.2) is 51.0 Å². The van der Waals surface area contributed by atoms with Crippen molar-refractivity contribution in [1.82, 2.24) is 20.2 Å². The zero-order valence-corrected chi connectivity index (χ0v) is 23.8. The number of hydrogen-bond donors (Lipinski definition) is 3. The quantitative estimate of drug-likeness (QED) is 0.0991. The van der Waals surface area contributed by atoms with Crippen LogP contribution < -0.4 is 16.4 Å². The molecular formula is C30H34FN7O5. The molecule has 1 amide bonds. The van der Waals surface area contributed by atoms with Crippen LogP contribution in [0.2, 0.25) is 0 Å². The normalized spacial score (nSPS) is 11.9. The highest BCUT2D eigenvalue weighted by atomic mass is 19.1. The molecular weight excluding hydrogens is 557 g/mol. The molecule has 4 aromatic rings. The highest BCUT2D eigenvalue weighted by Crippen LogP contribution is 2.28. The second-order valence-corrected chi connectivity index (χ2v) is 10.3. The number of non-ortho nitro benzene ring substituents is 2. The number of benzene rings is 3. The maximum Gasteiger partial charge on any atom is 0.287 e. The summed E-state index contributed by atoms with van der Waals surface area (Å²) in [6, 6.07) is 14.2. The van der Waals surface area contributed by atoms with Gasteiger partial charge in [0, 0.05) is 42.4 Å². The average molecular weight is 592 g/mol. The van der Waals surface area contributed by atoms with Gasteiger partial charge in [-0.3, -0.25) is 25.0 Å². The number of nitro benzene ring substituents is 2. The first-order valence-electron chi connectivity index (χ1n) is 14.1. The molecule has 12 nitrogen and oxygen atoms in total. The van der Waals surface area contributed by atoms with Crippen molar-refractivity contribution in [3.05, 3.63) is 98.1 Å². The van der Waals surface area contributed by atoms with Gasteiger partial charge >= 0.3 is 0 Å². The number of carbonyl (C=O) groups excluding carboxylic acids is 1. The fraction of sp³-hybridized carbons (Fsp3) is 0.333. The number of nitrogens with zero attached hydrogens (tertiary/aromatic N) is 4. The van der Waals surface area contributed by atoms with E-state index in [4.69, 9.17) is 5.73 Å². The predicted molar refractivity (Wildman–Crippen MR) is 161 cm³/mol. The Morgan fingerprint density at radius 2 is 1.65 bits per heavy atom. The summed E-state index contributed by atoms with van der Waals surface area (Å²) in [6.07, 6.45) is 3.79. The minimum Gasteiger partial charge on any atom is -0.348 e. The van der Waals surface area contributed by atoms with E-state index in [1.165, 1.54) is 16.7 Å². The molecule has 3 aromatic carbocycles. The molecule has 0 radical (unpaired) electrons. The molecule has 226 valence electrons. The maximum atomic E-state index is 14.8. The molecule has 43 heavy (non-hydrogen) atoms. The van der Waals surface area contributed by atoms with Gasteiger partial charge in [0.15, 0.2) is 5.82 Å². The molecule has 4 N–H and O–H groups in total. The lowest BCUT2D eigenvalue weighted by Crippen LogP contribution is -2.38. The van der Waals surface area contributed by atoms with Gasteiger partial charge < -0.3 is 20.9 Å². The largest absolute Gasteiger partial charge is 0.348 e. The number of amides is 1. The number of carbonyl (C=O) groups is 1. The van der Waals surface area contributed by atoms with E-state index in [9.17, 15) is 29.4 Å². The Labute approximate surface area is 247 Å². The van der Waals surface area contributed by atoms with Crippen LogP contribution in [0.1, 0.15) is 48.8 Å². The molecule has 0 aliphatic rings. The highest BCUT2D eigenvalue weighted by Gasteiger charge is 2.21. The fourth-order valence-corrected chi connectivity index (χ4v) is 4.71. The Morgan fingerprint density at radius 3 is 2.35 bits per heavy atom. The van der Waals surface area contributed by atoms with Crippen molar-refractivity contribution in [3.63, 3.8) is 0 Å². The van der Waals surface area contributed by atoms with Gasteiger partial charge in [0.05, 0.1) is 27.4 Å². The summed E-state index contributed by atoms with van der Waals surface area (Å²) in [6.45, 7) is 3.95. The van der Waals surface area contributed by atoms with Gasteiger partial charge in [0.1, 0.15) is 5.82 Å². The molecule has 0 saturated carbocycles. The van der Waals surface area contributed by atoms with Crippen molar-refractivity contribution in [3.8, 4) is 11.1 Å². The Morgan fingerprint density at radius 1 is 0.977 bits per heavy atom. The number of imidazole rings is 1. The van der Waals surface area contributed by atoms with E-state index in [0.717, 1.165) is 50.6 Å². The lowest BCUT2D eigenvalue weighted by molar-refractivity contribution is -0.385. The van der Waals surface area contributed by atoms with Crippen LogP contribution in [0.4, 0.5) is 15.8 Å². The van der Waals surface area contributed by atoms with Crippen LogP contribution in [0, 0.1) is 26.0 Å². The van der Waals surface area contributed by atoms with Crippen molar-refractivity contribution < 1.29 is 19.0 Å². The van der Waals surface area contributed by atoms with E-state index in [-0.39, 0.29) is 41.9 Å². The topological polar surface area (TPSA) is 171 Å². The molecule has 13 heteroatoms. The van der Waals surface area contributed by atoms with Crippen molar-refractivity contribution in [1.29, 1.82) is 0 Å². The number of nitrogens with one attached hydrogen (secondary N) is 2. The van der Waals surface area contributed by atoms with Crippen LogP contribution in [0.3, 0.4) is 0 Å². The molecule has 0 fully saturated rings. The van der Waals surface area contributed by atoms with Crippen molar-refractivity contribution in [2.75, 3.05) is 19.6 Å². The van der Waals surface area contributed by atoms with E-state index < -0.39 is 21.6 Å². The Bertz CT molecular complexity index is 1610. The molecule has 0 aliphatic heterocycles. The van der Waals surface area contributed by atoms with Crippen LogP contribution in [0.15, 0.2) is 60.7 Å². The smallest absolute Gasteiger partial charge is 0.287 e. The minimum atomic E-state index is -0.657. The third kappa shape index (κ3) is 7.96. The summed E-state index contributed by atoms with van der Waals surface area (Å²) in [5.74, 6) is -1.18. The summed E-state index contributed by atoms with van der Waals surface area (Å²) in [5, 5.41) is 28.5. The SMILES string of the molecule is CCCCNCCC[C@H](N)CNC(=O)c1nc2cc(-c3ccc([N+](=O)[O-])cc3)ccc2n1Cc1cc([N+](=O)[O-])ccc1F. The molecule has 4 rings (SSSR count). The zero-order chi connectivity index (χ0) is 30.9. The maximum absolute atomic E-state index is 14.8. The monoisotopic (exact) mass is 591 g/mol. The lowest BCUT2D eigenvalue weighted by Gasteiger charge is -2.14. The molecule has 0 unspecified atom stereocenters. The number of nitro groups is 2. The summed E-state index contributed by atoms with van der Waals surface area (Å²) < 4.78 is 16.3. The van der Waals surface area contributed by atoms with Crippen molar-refractivity contribution in [2.24, 2.45) is 5.73 Å². The third-order valence-corrected chi connectivity index (χ3v) is 7.09. The molecule has 0 spiro atoms. The number of hydrogen-bond acceptors (Lipinski definition) is 8. The van der Waals surface area contributed by atoms with Crippen LogP contribution in [-0.2, 0) is 6.54 Å². The van der Waals surface area contributed by atoms with Gasteiger partial charge in [-0.25, -0.2) is 9.37 Å². The second-order valence-electron chi connectivity index (χ2n) is 10.3. The number of halogens is 1. The van der Waals surface area contributed by atoms with E-state index in [0.29, 0.717) is 28.6 Å². The van der Waals surface area contributed by atoms with Crippen LogP contribution in [0.5, 0.6) is 0 Å². The van der Waals surface area contributed by atoms with Gasteiger partial charge in [-0.2, -0.15) is 0 Å². The van der Waals surface area contributed by atoms with Crippen molar-refractivity contribution >= 4 is 28.3 Å². The number of nitrogens with two attached hydrogens (primary N) is 1. The average Bonchev–Trinajstić information content (AvgIpc) is 3.36. The highest BCUT2D eigenvalue weighted by molar-refractivity contribution is 5.95. The first-order chi connectivity index (χ1) is 20.7. The number of unbranched alkanes of at least 4 members (excludes halogenated alkanes) is 1. The molecule has 1 atom stereocenters. The minimum absolute atomic E-state index is 0.00446. The first-order valence-corrected chi connectivity index (χ1v) is 14.1. The standard InChI is InChI=1S/C30H34FN7O5/c1-2-3-14-33-15-4-5-23(32)18-34-30(39)29-35-27-17-21(20-6-9-24(10-7-20)37(40)41)8-13-28(27)36(29)19-22-16-25(38(42)43)11-12-26(22)31/h6-13,16-17,23,33H,2-5,14-15,18-19,32H2,1H3,(H,34,39)/t23-/m0/s1. The van der Waals surface area contributed by atoms with E-state index in [1.54, 1.807) is 30.3 Å². The molecule has 0 saturated heterocycles. The Kier molecular flexibility index (Phi) is 10.5. The van der Waals surface area contributed by atoms with E-state index in [2.05, 4.69) is 22.5 Å². The Hall–Kier alpha value is -4.75. The van der Waals surface area contributed by atoms with Gasteiger partial charge in [0.2, 0.25) is 0 Å². The second kappa shape index (κ2) is 14.4. The summed E-state index contributed by atoms with van der Waals surface area (Å²) in [5.41, 5.74) is 8.27. The predicted octanol–water partition coefficient (Wildman–Crippen LogP) is 4.93. The molecule has 0 bridgehead atoms. The molecule has 0 aliphatic carbocycles. The van der Waals surface area contributed by atoms with Gasteiger partial charge in [0.25, 0.3) is 17.3 Å². The molecule has 1 aromatic heterocycles. The first kappa shape index (κ1) is 31.2. The summed E-state index contributed by atoms with van der Waals surface area (Å²) in [4.78, 5) is 39.2. The van der Waals surface area contributed by atoms with Crippen LogP contribution >= 0.6 is 0 Å². The van der Waals surface area contributed by atoms with Crippen LogP contribution in [0.25, 0.3) is 22.2 Å². The number of aromatic nitrogens is 2. The van der Waals surface area contributed by atoms with Gasteiger partial charge in [-0.15, -0.1) is 0 Å². The fourth-order valence-electron chi connectivity index (χ4n) is 4.71. The van der Waals surface area contributed by atoms with E-state index >= 15 is 0 Å². The van der Waals surface area contributed by atoms with E-state index in [1.807, 2.05) is 0 Å². The number of fused-ring (bicyclic) bond motifs is 1. The zero-order valence-electron chi connectivity index (χ0n) is 23.8.